The van der Waals surface area contributed by atoms with Crippen molar-refractivity contribution in [1.29, 1.82) is 0 Å². The van der Waals surface area contributed by atoms with Crippen molar-refractivity contribution in [1.82, 2.24) is 30.1 Å². The lowest BCUT2D eigenvalue weighted by Gasteiger charge is -2.04. The van der Waals surface area contributed by atoms with Crippen LogP contribution in [0.5, 0.6) is 0 Å². The van der Waals surface area contributed by atoms with Gasteiger partial charge in [-0.1, -0.05) is 36.4 Å². The number of fused-ring (bicyclic) bond motifs is 1. The van der Waals surface area contributed by atoms with Gasteiger partial charge in [0.25, 0.3) is 0 Å². The molecule has 0 radical (unpaired) electrons. The Kier molecular flexibility index (Phi) is 4.52. The molecule has 8 nitrogen and oxygen atoms in total. The van der Waals surface area contributed by atoms with Crippen molar-refractivity contribution in [3.05, 3.63) is 76.8 Å². The van der Waals surface area contributed by atoms with Crippen molar-refractivity contribution in [2.24, 2.45) is 0 Å². The van der Waals surface area contributed by atoms with E-state index < -0.39 is 5.69 Å². The van der Waals surface area contributed by atoms with Crippen LogP contribution in [0.2, 0.25) is 0 Å². The molecular weight excluding hydrogens is 344 g/mol. The molecule has 4 rings (SSSR count). The Bertz CT molecular complexity index is 1130. The number of carbonyl (C=O) groups excluding carboxylic acids is 1. The first-order chi connectivity index (χ1) is 13.2. The number of H-pyrrole nitrogens is 1. The van der Waals surface area contributed by atoms with Crippen molar-refractivity contribution in [2.75, 3.05) is 6.54 Å². The summed E-state index contributed by atoms with van der Waals surface area (Å²) >= 11 is 0. The largest absolute Gasteiger partial charge is 0.368 e. The lowest BCUT2D eigenvalue weighted by atomic mass is 10.1. The summed E-state index contributed by atoms with van der Waals surface area (Å²) in [6, 6.07) is 17.0. The van der Waals surface area contributed by atoms with Gasteiger partial charge < -0.3 is 10.3 Å². The van der Waals surface area contributed by atoms with Gasteiger partial charge in [-0.2, -0.15) is 9.36 Å². The van der Waals surface area contributed by atoms with Crippen molar-refractivity contribution in [2.45, 2.75) is 13.0 Å². The molecule has 2 N–H and O–H groups in total. The average molecular weight is 362 g/mol. The average Bonchev–Trinajstić information content (AvgIpc) is 3.27. The number of aromatic nitrogens is 5. The number of rotatable bonds is 6. The molecule has 2 heterocycles. The van der Waals surface area contributed by atoms with Crippen LogP contribution in [0.15, 0.2) is 65.6 Å². The van der Waals surface area contributed by atoms with Crippen LogP contribution in [-0.2, 0) is 17.8 Å². The molecule has 0 saturated heterocycles. The van der Waals surface area contributed by atoms with Gasteiger partial charge in [-0.05, 0) is 40.6 Å². The number of hydrogen-bond acceptors (Lipinski definition) is 4. The fourth-order valence-electron chi connectivity index (χ4n) is 2.97. The molecule has 0 bridgehead atoms. The topological polar surface area (TPSA) is 97.6 Å². The number of para-hydroxylation sites is 2. The maximum Gasteiger partial charge on any atom is 0.368 e. The van der Waals surface area contributed by atoms with Gasteiger partial charge in [-0.15, -0.1) is 0 Å². The van der Waals surface area contributed by atoms with Crippen LogP contribution in [0.4, 0.5) is 0 Å². The number of nitrogens with one attached hydrogen (secondary N) is 2. The highest BCUT2D eigenvalue weighted by molar-refractivity contribution is 5.83. The molecule has 1 amide bonds. The van der Waals surface area contributed by atoms with Crippen LogP contribution in [-0.4, -0.2) is 37.2 Å². The van der Waals surface area contributed by atoms with E-state index in [2.05, 4.69) is 20.7 Å². The number of tetrazole rings is 1. The monoisotopic (exact) mass is 362 g/mol. The molecule has 2 aromatic heterocycles. The summed E-state index contributed by atoms with van der Waals surface area (Å²) in [5, 5.41) is 11.6. The number of nitrogens with zero attached hydrogens (tertiary/aromatic N) is 4. The maximum atomic E-state index is 12.3. The third-order valence-electron chi connectivity index (χ3n) is 4.32. The molecule has 136 valence electrons. The fraction of sp³-hybridized carbons (Fsp3) is 0.158. The summed E-state index contributed by atoms with van der Waals surface area (Å²) in [4.78, 5) is 27.7. The van der Waals surface area contributed by atoms with E-state index in [4.69, 9.17) is 0 Å². The van der Waals surface area contributed by atoms with Crippen molar-refractivity contribution < 1.29 is 4.79 Å². The van der Waals surface area contributed by atoms with E-state index in [0.29, 0.717) is 18.7 Å². The quantitative estimate of drug-likeness (QED) is 0.540. The Morgan fingerprint density at radius 1 is 1.04 bits per heavy atom. The third kappa shape index (κ3) is 3.50. The SMILES string of the molecule is O=C(Cn1nnn(-c2ccccc2)c1=O)NCCc1c[nH]c2ccccc12. The zero-order valence-corrected chi connectivity index (χ0v) is 14.5. The standard InChI is InChI=1S/C19H18N6O2/c26-18(20-11-10-14-12-21-17-9-5-4-8-16(14)17)13-24-19(27)25(23-22-24)15-6-2-1-3-7-15/h1-9,12,21H,10-11,13H2,(H,20,26). The summed E-state index contributed by atoms with van der Waals surface area (Å²) in [7, 11) is 0. The highest BCUT2D eigenvalue weighted by Gasteiger charge is 2.12. The third-order valence-corrected chi connectivity index (χ3v) is 4.32. The van der Waals surface area contributed by atoms with Gasteiger partial charge in [0.15, 0.2) is 0 Å². The molecule has 8 heteroatoms. The van der Waals surface area contributed by atoms with E-state index in [9.17, 15) is 9.59 Å². The summed E-state index contributed by atoms with van der Waals surface area (Å²) in [6.07, 6.45) is 2.65. The highest BCUT2D eigenvalue weighted by Crippen LogP contribution is 2.17. The van der Waals surface area contributed by atoms with E-state index in [0.717, 1.165) is 21.1 Å². The van der Waals surface area contributed by atoms with Crippen LogP contribution in [0.25, 0.3) is 16.6 Å². The summed E-state index contributed by atoms with van der Waals surface area (Å²) in [5.41, 5.74) is 2.36. The van der Waals surface area contributed by atoms with Gasteiger partial charge in [0.1, 0.15) is 6.54 Å². The van der Waals surface area contributed by atoms with Gasteiger partial charge >= 0.3 is 5.69 Å². The number of aromatic amines is 1. The number of carbonyl (C=O) groups is 1. The Balaban J connectivity index is 1.36. The Labute approximate surface area is 154 Å². The van der Waals surface area contributed by atoms with Gasteiger partial charge in [-0.3, -0.25) is 4.79 Å². The lowest BCUT2D eigenvalue weighted by molar-refractivity contribution is -0.121. The van der Waals surface area contributed by atoms with Crippen LogP contribution >= 0.6 is 0 Å². The van der Waals surface area contributed by atoms with Crippen molar-refractivity contribution in [3.8, 4) is 5.69 Å². The maximum absolute atomic E-state index is 12.3. The Morgan fingerprint density at radius 2 is 1.81 bits per heavy atom. The van der Waals surface area contributed by atoms with E-state index in [1.807, 2.05) is 36.5 Å². The minimum atomic E-state index is -0.451. The molecule has 0 atom stereocenters. The van der Waals surface area contributed by atoms with Crippen LogP contribution in [0.3, 0.4) is 0 Å². The second-order valence-corrected chi connectivity index (χ2v) is 6.13. The van der Waals surface area contributed by atoms with Crippen LogP contribution in [0, 0.1) is 0 Å². The van der Waals surface area contributed by atoms with E-state index in [-0.39, 0.29) is 12.5 Å². The van der Waals surface area contributed by atoms with Gasteiger partial charge in [0, 0.05) is 23.6 Å². The Morgan fingerprint density at radius 3 is 2.67 bits per heavy atom. The minimum absolute atomic E-state index is 0.167. The fourth-order valence-corrected chi connectivity index (χ4v) is 2.97. The first-order valence-corrected chi connectivity index (χ1v) is 8.62. The second kappa shape index (κ2) is 7.28. The molecule has 0 unspecified atom stereocenters. The van der Waals surface area contributed by atoms with E-state index >= 15 is 0 Å². The number of hydrogen-bond donors (Lipinski definition) is 2. The first-order valence-electron chi connectivity index (χ1n) is 8.62. The van der Waals surface area contributed by atoms with Crippen LogP contribution < -0.4 is 11.0 Å². The predicted molar refractivity (Wildman–Crippen MR) is 101 cm³/mol. The van der Waals surface area contributed by atoms with E-state index in [1.54, 1.807) is 24.3 Å². The zero-order chi connectivity index (χ0) is 18.6. The van der Waals surface area contributed by atoms with Crippen molar-refractivity contribution >= 4 is 16.8 Å². The molecule has 27 heavy (non-hydrogen) atoms. The summed E-state index contributed by atoms with van der Waals surface area (Å²) in [6.45, 7) is 0.307. The number of amides is 1. The molecule has 0 fully saturated rings. The second-order valence-electron chi connectivity index (χ2n) is 6.13. The molecule has 4 aromatic rings. The predicted octanol–water partition coefficient (Wildman–Crippen LogP) is 1.27. The highest BCUT2D eigenvalue weighted by atomic mass is 16.2. The molecular formula is C19H18N6O2. The first kappa shape index (κ1) is 16.8. The minimum Gasteiger partial charge on any atom is -0.361 e. The lowest BCUT2D eigenvalue weighted by Crippen LogP contribution is -2.34. The molecule has 0 spiro atoms. The molecule has 0 aliphatic rings. The van der Waals surface area contributed by atoms with Crippen molar-refractivity contribution in [3.63, 3.8) is 0 Å². The van der Waals surface area contributed by atoms with E-state index in [1.165, 1.54) is 4.68 Å². The smallest absolute Gasteiger partial charge is 0.361 e. The number of benzene rings is 2. The normalized spacial score (nSPS) is 11.0. The molecule has 0 saturated carbocycles. The Hall–Kier alpha value is -3.68. The molecule has 0 aliphatic carbocycles. The zero-order valence-electron chi connectivity index (χ0n) is 14.5. The van der Waals surface area contributed by atoms with Gasteiger partial charge in [-0.25, -0.2) is 4.79 Å². The van der Waals surface area contributed by atoms with Crippen LogP contribution in [0.1, 0.15) is 5.56 Å². The molecule has 0 aliphatic heterocycles. The summed E-state index contributed by atoms with van der Waals surface area (Å²) in [5.74, 6) is -0.281. The van der Waals surface area contributed by atoms with Gasteiger partial charge in [0.2, 0.25) is 5.91 Å². The summed E-state index contributed by atoms with van der Waals surface area (Å²) < 4.78 is 2.22. The molecule has 2 aromatic carbocycles. The van der Waals surface area contributed by atoms with Gasteiger partial charge in [0.05, 0.1) is 5.69 Å².